The first kappa shape index (κ1) is 28.1. The van der Waals surface area contributed by atoms with Crippen LogP contribution in [-0.4, -0.2) is 24.6 Å². The molecule has 0 bridgehead atoms. The van der Waals surface area contributed by atoms with E-state index in [1.54, 1.807) is 38.1 Å². The van der Waals surface area contributed by atoms with Gasteiger partial charge in [0.05, 0.1) is 17.6 Å². The summed E-state index contributed by atoms with van der Waals surface area (Å²) in [5, 5.41) is 3.53. The predicted octanol–water partition coefficient (Wildman–Crippen LogP) is 7.02. The zero-order valence-corrected chi connectivity index (χ0v) is 24.1. The van der Waals surface area contributed by atoms with Gasteiger partial charge in [-0.25, -0.2) is 4.79 Å². The smallest absolute Gasteiger partial charge is 0.341 e. The Hall–Kier alpha value is -3.91. The molecule has 2 aromatic carbocycles. The summed E-state index contributed by atoms with van der Waals surface area (Å²) in [7, 11) is 0. The standard InChI is InChI=1S/C31H33NO6S/c1-8-36-30(35)24-17(2)19(4)39-29(24)32-28(34)18(3)37-27-25(33)22-11-9-10-12-23(22)38-26(27)20-13-15-21(16-14-20)31(5,6)7/h9-16,18H,8H2,1-7H3,(H,32,34). The van der Waals surface area contributed by atoms with Crippen molar-refractivity contribution in [3.8, 4) is 17.1 Å². The summed E-state index contributed by atoms with van der Waals surface area (Å²) in [5.74, 6) is -0.819. The zero-order chi connectivity index (χ0) is 28.5. The molecule has 8 heteroatoms. The number of para-hydroxylation sites is 1. The molecule has 0 fully saturated rings. The minimum atomic E-state index is -1.07. The van der Waals surface area contributed by atoms with Crippen LogP contribution in [0.15, 0.2) is 57.7 Å². The van der Waals surface area contributed by atoms with Crippen LogP contribution < -0.4 is 15.5 Å². The van der Waals surface area contributed by atoms with Crippen LogP contribution in [0.3, 0.4) is 0 Å². The number of hydrogen-bond acceptors (Lipinski definition) is 7. The van der Waals surface area contributed by atoms with Crippen molar-refractivity contribution in [3.63, 3.8) is 0 Å². The molecule has 0 aliphatic rings. The predicted molar refractivity (Wildman–Crippen MR) is 155 cm³/mol. The number of hydrogen-bond donors (Lipinski definition) is 1. The highest BCUT2D eigenvalue weighted by Crippen LogP contribution is 2.35. The molecule has 39 heavy (non-hydrogen) atoms. The van der Waals surface area contributed by atoms with Crippen molar-refractivity contribution >= 4 is 39.2 Å². The van der Waals surface area contributed by atoms with E-state index in [0.29, 0.717) is 27.1 Å². The molecule has 204 valence electrons. The van der Waals surface area contributed by atoms with Gasteiger partial charge in [-0.15, -0.1) is 11.3 Å². The summed E-state index contributed by atoms with van der Waals surface area (Å²) < 4.78 is 17.4. The molecular weight excluding hydrogens is 514 g/mol. The lowest BCUT2D eigenvalue weighted by atomic mass is 9.86. The highest BCUT2D eigenvalue weighted by atomic mass is 32.1. The maximum absolute atomic E-state index is 13.6. The van der Waals surface area contributed by atoms with Crippen LogP contribution in [0.4, 0.5) is 5.00 Å². The average molecular weight is 548 g/mol. The van der Waals surface area contributed by atoms with E-state index in [9.17, 15) is 14.4 Å². The minimum absolute atomic E-state index is 0.0460. The number of carbonyl (C=O) groups is 2. The number of esters is 1. The number of carbonyl (C=O) groups excluding carboxylic acids is 2. The molecule has 2 heterocycles. The Labute approximate surface area is 231 Å². The molecule has 4 aromatic rings. The molecule has 0 saturated carbocycles. The van der Waals surface area contributed by atoms with Crippen molar-refractivity contribution in [1.29, 1.82) is 0 Å². The molecule has 0 aliphatic carbocycles. The van der Waals surface area contributed by atoms with Crippen LogP contribution in [0, 0.1) is 13.8 Å². The lowest BCUT2D eigenvalue weighted by Crippen LogP contribution is -2.32. The lowest BCUT2D eigenvalue weighted by molar-refractivity contribution is -0.122. The lowest BCUT2D eigenvalue weighted by Gasteiger charge is -2.20. The number of thiophene rings is 1. The molecule has 0 aliphatic heterocycles. The molecule has 0 radical (unpaired) electrons. The van der Waals surface area contributed by atoms with Gasteiger partial charge in [0.15, 0.2) is 11.9 Å². The molecule has 1 atom stereocenters. The number of anilines is 1. The Morgan fingerprint density at radius 1 is 1.05 bits per heavy atom. The van der Waals surface area contributed by atoms with E-state index in [1.807, 2.05) is 38.1 Å². The monoisotopic (exact) mass is 547 g/mol. The molecule has 0 saturated heterocycles. The van der Waals surface area contributed by atoms with Crippen LogP contribution in [0.2, 0.25) is 0 Å². The van der Waals surface area contributed by atoms with Gasteiger partial charge in [0, 0.05) is 10.4 Å². The second kappa shape index (κ2) is 11.1. The average Bonchev–Trinajstić information content (AvgIpc) is 3.17. The van der Waals surface area contributed by atoms with E-state index in [4.69, 9.17) is 13.9 Å². The maximum atomic E-state index is 13.6. The van der Waals surface area contributed by atoms with Crippen LogP contribution >= 0.6 is 11.3 Å². The van der Waals surface area contributed by atoms with Crippen molar-refractivity contribution in [1.82, 2.24) is 0 Å². The number of amides is 1. The van der Waals surface area contributed by atoms with Crippen molar-refractivity contribution < 1.29 is 23.5 Å². The van der Waals surface area contributed by atoms with Crippen LogP contribution in [0.5, 0.6) is 5.75 Å². The number of rotatable bonds is 7. The van der Waals surface area contributed by atoms with Crippen molar-refractivity contribution in [3.05, 3.63) is 80.3 Å². The van der Waals surface area contributed by atoms with Gasteiger partial charge in [-0.05, 0) is 56.4 Å². The number of ether oxygens (including phenoxy) is 2. The largest absolute Gasteiger partial charge is 0.473 e. The van der Waals surface area contributed by atoms with E-state index in [-0.39, 0.29) is 29.0 Å². The second-order valence-electron chi connectivity index (χ2n) is 10.4. The molecule has 1 N–H and O–H groups in total. The minimum Gasteiger partial charge on any atom is -0.473 e. The molecular formula is C31H33NO6S. The first-order chi connectivity index (χ1) is 18.4. The van der Waals surface area contributed by atoms with Crippen LogP contribution in [0.1, 0.15) is 61.0 Å². The fraction of sp³-hybridized carbons (Fsp3) is 0.323. The third-order valence-corrected chi connectivity index (χ3v) is 7.66. The van der Waals surface area contributed by atoms with Gasteiger partial charge in [-0.3, -0.25) is 9.59 Å². The summed E-state index contributed by atoms with van der Waals surface area (Å²) in [6.45, 7) is 13.5. The Balaban J connectivity index is 1.70. The quantitative estimate of drug-likeness (QED) is 0.250. The first-order valence-electron chi connectivity index (χ1n) is 12.8. The van der Waals surface area contributed by atoms with Crippen molar-refractivity contribution in [2.75, 3.05) is 11.9 Å². The Kier molecular flexibility index (Phi) is 7.97. The molecule has 2 aromatic heterocycles. The third kappa shape index (κ3) is 5.76. The summed E-state index contributed by atoms with van der Waals surface area (Å²) >= 11 is 1.29. The number of aryl methyl sites for hydroxylation is 1. The van der Waals surface area contributed by atoms with E-state index >= 15 is 0 Å². The molecule has 7 nitrogen and oxygen atoms in total. The Morgan fingerprint density at radius 2 is 1.72 bits per heavy atom. The summed E-state index contributed by atoms with van der Waals surface area (Å²) in [6, 6.07) is 14.7. The van der Waals surface area contributed by atoms with E-state index in [1.165, 1.54) is 11.3 Å². The molecule has 4 rings (SSSR count). The Bertz CT molecular complexity index is 1590. The molecule has 0 spiro atoms. The fourth-order valence-electron chi connectivity index (χ4n) is 4.15. The van der Waals surface area contributed by atoms with Gasteiger partial charge in [-0.2, -0.15) is 0 Å². The molecule has 1 amide bonds. The van der Waals surface area contributed by atoms with Crippen LogP contribution in [-0.2, 0) is 14.9 Å². The topological polar surface area (TPSA) is 94.8 Å². The van der Waals surface area contributed by atoms with Gasteiger partial charge in [0.2, 0.25) is 11.2 Å². The van der Waals surface area contributed by atoms with Crippen molar-refractivity contribution in [2.45, 2.75) is 60.0 Å². The Morgan fingerprint density at radius 3 is 2.36 bits per heavy atom. The maximum Gasteiger partial charge on any atom is 0.341 e. The van der Waals surface area contributed by atoms with Crippen molar-refractivity contribution in [2.24, 2.45) is 0 Å². The summed E-state index contributed by atoms with van der Waals surface area (Å²) in [4.78, 5) is 40.2. The first-order valence-corrected chi connectivity index (χ1v) is 13.6. The number of benzene rings is 2. The molecule has 1 unspecified atom stereocenters. The van der Waals surface area contributed by atoms with E-state index in [0.717, 1.165) is 16.0 Å². The SMILES string of the molecule is CCOC(=O)c1c(NC(=O)C(C)Oc2c(-c3ccc(C(C)(C)C)cc3)oc3ccccc3c2=O)sc(C)c1C. The van der Waals surface area contributed by atoms with Gasteiger partial charge < -0.3 is 19.2 Å². The highest BCUT2D eigenvalue weighted by Gasteiger charge is 2.27. The second-order valence-corrected chi connectivity index (χ2v) is 11.6. The fourth-order valence-corrected chi connectivity index (χ4v) is 5.20. The van der Waals surface area contributed by atoms with Crippen LogP contribution in [0.25, 0.3) is 22.3 Å². The highest BCUT2D eigenvalue weighted by molar-refractivity contribution is 7.16. The normalized spacial score (nSPS) is 12.3. The van der Waals surface area contributed by atoms with Gasteiger partial charge in [0.1, 0.15) is 10.6 Å². The van der Waals surface area contributed by atoms with E-state index in [2.05, 4.69) is 26.1 Å². The van der Waals surface area contributed by atoms with Gasteiger partial charge in [-0.1, -0.05) is 57.2 Å². The summed E-state index contributed by atoms with van der Waals surface area (Å²) in [5.41, 5.74) is 2.86. The van der Waals surface area contributed by atoms with Gasteiger partial charge in [0.25, 0.3) is 5.91 Å². The number of fused-ring (bicyclic) bond motifs is 1. The zero-order valence-electron chi connectivity index (χ0n) is 23.3. The third-order valence-electron chi connectivity index (χ3n) is 6.53. The van der Waals surface area contributed by atoms with Gasteiger partial charge >= 0.3 is 5.97 Å². The number of nitrogens with one attached hydrogen (secondary N) is 1. The van der Waals surface area contributed by atoms with E-state index < -0.39 is 18.0 Å². The summed E-state index contributed by atoms with van der Waals surface area (Å²) in [6.07, 6.45) is -1.07.